The summed E-state index contributed by atoms with van der Waals surface area (Å²) in [6.07, 6.45) is 2.56. The molecule has 0 unspecified atom stereocenters. The first-order valence-electron chi connectivity index (χ1n) is 5.29. The van der Waals surface area contributed by atoms with Crippen molar-refractivity contribution in [1.29, 1.82) is 0 Å². The maximum Gasteiger partial charge on any atom is 0.207 e. The predicted octanol–water partition coefficient (Wildman–Crippen LogP) is 3.00. The van der Waals surface area contributed by atoms with Gasteiger partial charge >= 0.3 is 0 Å². The summed E-state index contributed by atoms with van der Waals surface area (Å²) in [6.45, 7) is 0. The van der Waals surface area contributed by atoms with Gasteiger partial charge in [0.25, 0.3) is 0 Å². The summed E-state index contributed by atoms with van der Waals surface area (Å²) in [7, 11) is 0. The van der Waals surface area contributed by atoms with Crippen molar-refractivity contribution in [3.05, 3.63) is 71.8 Å². The molecule has 18 heavy (non-hydrogen) atoms. The lowest BCUT2D eigenvalue weighted by atomic mass is 10.1. The maximum atomic E-state index is 12.7. The lowest BCUT2D eigenvalue weighted by Crippen LogP contribution is -1.99. The number of hydrogen-bond acceptors (Lipinski definition) is 3. The van der Waals surface area contributed by atoms with E-state index in [-0.39, 0.29) is 11.5 Å². The van der Waals surface area contributed by atoms with Gasteiger partial charge in [0, 0.05) is 17.8 Å². The van der Waals surface area contributed by atoms with Crippen LogP contribution in [0.1, 0.15) is 16.1 Å². The van der Waals surface area contributed by atoms with Crippen LogP contribution in [0.25, 0.3) is 5.76 Å². The van der Waals surface area contributed by atoms with Crippen LogP contribution in [-0.4, -0.2) is 15.9 Å². The highest BCUT2D eigenvalue weighted by Crippen LogP contribution is 2.13. The highest BCUT2D eigenvalue weighted by molar-refractivity contribution is 6.06. The van der Waals surface area contributed by atoms with Crippen LogP contribution in [0.2, 0.25) is 0 Å². The topological polar surface area (TPSA) is 50.2 Å². The van der Waals surface area contributed by atoms with Crippen LogP contribution in [0, 0.1) is 5.82 Å². The second-order valence-electron chi connectivity index (χ2n) is 3.62. The van der Waals surface area contributed by atoms with Gasteiger partial charge in [-0.2, -0.15) is 0 Å². The molecule has 0 saturated carbocycles. The van der Waals surface area contributed by atoms with E-state index in [1.54, 1.807) is 18.2 Å². The van der Waals surface area contributed by atoms with E-state index in [0.717, 1.165) is 6.08 Å². The first-order valence-corrected chi connectivity index (χ1v) is 5.29. The molecule has 0 bridgehead atoms. The van der Waals surface area contributed by atoms with Gasteiger partial charge in [-0.1, -0.05) is 6.07 Å². The van der Waals surface area contributed by atoms with Crippen molar-refractivity contribution in [2.45, 2.75) is 0 Å². The first-order chi connectivity index (χ1) is 8.66. The van der Waals surface area contributed by atoms with Gasteiger partial charge in [0.2, 0.25) is 5.78 Å². The van der Waals surface area contributed by atoms with Crippen LogP contribution in [0.4, 0.5) is 4.39 Å². The number of halogens is 1. The lowest BCUT2D eigenvalue weighted by molar-refractivity contribution is 0.104. The zero-order valence-electron chi connectivity index (χ0n) is 9.38. The third kappa shape index (κ3) is 2.79. The van der Waals surface area contributed by atoms with E-state index in [2.05, 4.69) is 4.98 Å². The van der Waals surface area contributed by atoms with Gasteiger partial charge < -0.3 is 5.11 Å². The van der Waals surface area contributed by atoms with Gasteiger partial charge in [-0.3, -0.25) is 9.78 Å². The molecule has 0 aliphatic rings. The van der Waals surface area contributed by atoms with Crippen LogP contribution in [0.15, 0.2) is 54.7 Å². The molecule has 4 heteroatoms. The molecule has 0 aliphatic heterocycles. The molecule has 3 nitrogen and oxygen atoms in total. The zero-order chi connectivity index (χ0) is 13.0. The minimum Gasteiger partial charge on any atom is -0.507 e. The SMILES string of the molecule is O=C(C=C(O)c1ccc(F)cc1)c1ccccn1. The number of aromatic nitrogens is 1. The Labute approximate surface area is 103 Å². The van der Waals surface area contributed by atoms with E-state index in [0.29, 0.717) is 5.56 Å². The Balaban J connectivity index is 2.23. The van der Waals surface area contributed by atoms with E-state index in [9.17, 15) is 14.3 Å². The Hall–Kier alpha value is -2.49. The summed E-state index contributed by atoms with van der Waals surface area (Å²) in [5, 5.41) is 9.73. The molecule has 0 amide bonds. The van der Waals surface area contributed by atoms with Gasteiger partial charge in [-0.05, 0) is 36.4 Å². The molecule has 1 aromatic carbocycles. The first kappa shape index (κ1) is 12.0. The molecule has 0 fully saturated rings. The summed E-state index contributed by atoms with van der Waals surface area (Å²) >= 11 is 0. The van der Waals surface area contributed by atoms with E-state index < -0.39 is 11.6 Å². The highest BCUT2D eigenvalue weighted by atomic mass is 19.1. The Kier molecular flexibility index (Phi) is 3.48. The Bertz CT molecular complexity index is 577. The number of pyridine rings is 1. The summed E-state index contributed by atoms with van der Waals surface area (Å²) in [6, 6.07) is 10.1. The normalized spacial score (nSPS) is 11.3. The van der Waals surface area contributed by atoms with Crippen molar-refractivity contribution in [2.75, 3.05) is 0 Å². The fourth-order valence-corrected chi connectivity index (χ4v) is 1.41. The number of nitrogens with zero attached hydrogens (tertiary/aromatic N) is 1. The van der Waals surface area contributed by atoms with E-state index >= 15 is 0 Å². The fraction of sp³-hybridized carbons (Fsp3) is 0. The van der Waals surface area contributed by atoms with Crippen molar-refractivity contribution >= 4 is 11.5 Å². The number of ketones is 1. The van der Waals surface area contributed by atoms with Gasteiger partial charge in [-0.25, -0.2) is 4.39 Å². The molecule has 1 aromatic heterocycles. The third-order valence-corrected chi connectivity index (χ3v) is 2.33. The number of rotatable bonds is 3. The molecule has 0 atom stereocenters. The van der Waals surface area contributed by atoms with Crippen LogP contribution in [-0.2, 0) is 0 Å². The van der Waals surface area contributed by atoms with Crippen molar-refractivity contribution in [3.63, 3.8) is 0 Å². The molecule has 0 spiro atoms. The molecule has 0 aliphatic carbocycles. The highest BCUT2D eigenvalue weighted by Gasteiger charge is 2.06. The number of aliphatic hydroxyl groups is 1. The average molecular weight is 243 g/mol. The quantitative estimate of drug-likeness (QED) is 0.512. The van der Waals surface area contributed by atoms with Crippen molar-refractivity contribution < 1.29 is 14.3 Å². The van der Waals surface area contributed by atoms with Gasteiger partial charge in [0.1, 0.15) is 17.3 Å². The van der Waals surface area contributed by atoms with E-state index in [4.69, 9.17) is 0 Å². The minimum absolute atomic E-state index is 0.217. The number of carbonyl (C=O) groups excluding carboxylic acids is 1. The Morgan fingerprint density at radius 1 is 1.17 bits per heavy atom. The molecule has 0 radical (unpaired) electrons. The Morgan fingerprint density at radius 2 is 1.89 bits per heavy atom. The van der Waals surface area contributed by atoms with Crippen LogP contribution < -0.4 is 0 Å². The molecule has 90 valence electrons. The zero-order valence-corrected chi connectivity index (χ0v) is 9.38. The fourth-order valence-electron chi connectivity index (χ4n) is 1.41. The number of allylic oxidation sites excluding steroid dienone is 1. The average Bonchev–Trinajstić information content (AvgIpc) is 2.40. The molecule has 1 heterocycles. The van der Waals surface area contributed by atoms with Crippen LogP contribution in [0.3, 0.4) is 0 Å². The van der Waals surface area contributed by atoms with Crippen molar-refractivity contribution in [1.82, 2.24) is 4.98 Å². The molecular formula is C14H10FNO2. The third-order valence-electron chi connectivity index (χ3n) is 2.33. The number of carbonyl (C=O) groups is 1. The Morgan fingerprint density at radius 3 is 2.50 bits per heavy atom. The minimum atomic E-state index is -0.405. The summed E-state index contributed by atoms with van der Waals surface area (Å²) < 4.78 is 12.7. The number of aliphatic hydroxyl groups excluding tert-OH is 1. The molecule has 1 N–H and O–H groups in total. The summed E-state index contributed by atoms with van der Waals surface area (Å²) in [5.74, 6) is -1.02. The van der Waals surface area contributed by atoms with Crippen molar-refractivity contribution in [2.24, 2.45) is 0 Å². The van der Waals surface area contributed by atoms with Crippen molar-refractivity contribution in [3.8, 4) is 0 Å². The molecule has 0 saturated heterocycles. The molecular weight excluding hydrogens is 233 g/mol. The summed E-state index contributed by atoms with van der Waals surface area (Å²) in [5.41, 5.74) is 0.617. The summed E-state index contributed by atoms with van der Waals surface area (Å²) in [4.78, 5) is 15.6. The van der Waals surface area contributed by atoms with E-state index in [1.165, 1.54) is 30.5 Å². The smallest absolute Gasteiger partial charge is 0.207 e. The van der Waals surface area contributed by atoms with Gasteiger partial charge in [0.15, 0.2) is 0 Å². The van der Waals surface area contributed by atoms with Crippen LogP contribution >= 0.6 is 0 Å². The monoisotopic (exact) mass is 243 g/mol. The largest absolute Gasteiger partial charge is 0.507 e. The van der Waals surface area contributed by atoms with E-state index in [1.807, 2.05) is 0 Å². The van der Waals surface area contributed by atoms with Gasteiger partial charge in [-0.15, -0.1) is 0 Å². The maximum absolute atomic E-state index is 12.7. The molecule has 2 rings (SSSR count). The second kappa shape index (κ2) is 5.23. The predicted molar refractivity (Wildman–Crippen MR) is 65.6 cm³/mol. The second-order valence-corrected chi connectivity index (χ2v) is 3.62. The number of hydrogen-bond donors (Lipinski definition) is 1. The van der Waals surface area contributed by atoms with Crippen LogP contribution in [0.5, 0.6) is 0 Å². The van der Waals surface area contributed by atoms with Gasteiger partial charge in [0.05, 0.1) is 0 Å². The lowest BCUT2D eigenvalue weighted by Gasteiger charge is -2.00. The standard InChI is InChI=1S/C14H10FNO2/c15-11-6-4-10(5-7-11)13(17)9-14(18)12-3-1-2-8-16-12/h1-9,17H. The molecule has 2 aromatic rings. The number of benzene rings is 1.